The normalized spacial score (nSPS) is 11.6. The summed E-state index contributed by atoms with van der Waals surface area (Å²) in [6, 6.07) is 21.0. The van der Waals surface area contributed by atoms with Crippen LogP contribution in [-0.4, -0.2) is 29.6 Å². The Morgan fingerprint density at radius 3 is 2.24 bits per heavy atom. The molecule has 0 saturated carbocycles. The van der Waals surface area contributed by atoms with Crippen LogP contribution in [0, 0.1) is 19.7 Å². The smallest absolute Gasteiger partial charge is 0.249 e. The zero-order chi connectivity index (χ0) is 26.9. The van der Waals surface area contributed by atoms with Crippen LogP contribution in [0.2, 0.25) is 0 Å². The number of anilines is 1. The average Bonchev–Trinajstić information content (AvgIpc) is 3.23. The van der Waals surface area contributed by atoms with E-state index in [1.54, 1.807) is 38.1 Å². The first kappa shape index (κ1) is 26.6. The molecule has 4 rings (SSSR count). The molecule has 0 radical (unpaired) electrons. The van der Waals surface area contributed by atoms with Gasteiger partial charge in [-0.3, -0.25) is 9.59 Å². The molecule has 2 N–H and O–H groups in total. The summed E-state index contributed by atoms with van der Waals surface area (Å²) < 4.78 is 29.7. The van der Waals surface area contributed by atoms with E-state index in [2.05, 4.69) is 15.8 Å². The number of nitrogens with zero attached hydrogens (tertiary/aromatic N) is 1. The number of nitrogens with one attached hydrogen (secondary N) is 2. The first-order chi connectivity index (χ1) is 18.4. The molecule has 3 aromatic carbocycles. The van der Waals surface area contributed by atoms with Gasteiger partial charge < -0.3 is 24.6 Å². The van der Waals surface area contributed by atoms with Crippen LogP contribution in [0.25, 0.3) is 0 Å². The number of carbonyl (C=O) groups is 2. The number of amides is 2. The molecule has 0 aliphatic rings. The van der Waals surface area contributed by atoms with Gasteiger partial charge in [0.25, 0.3) is 0 Å². The molecule has 8 nitrogen and oxygen atoms in total. The molecule has 0 fully saturated rings. The minimum Gasteiger partial charge on any atom is -0.457 e. The molecule has 1 aromatic heterocycles. The van der Waals surface area contributed by atoms with Crippen LogP contribution >= 0.6 is 0 Å². The van der Waals surface area contributed by atoms with Crippen molar-refractivity contribution in [2.24, 2.45) is 0 Å². The predicted octanol–water partition coefficient (Wildman–Crippen LogP) is 5.11. The number of carbonyl (C=O) groups excluding carboxylic acids is 2. The third-order valence-corrected chi connectivity index (χ3v) is 5.74. The van der Waals surface area contributed by atoms with Gasteiger partial charge in [-0.1, -0.05) is 35.5 Å². The Hall–Kier alpha value is -4.50. The van der Waals surface area contributed by atoms with E-state index >= 15 is 0 Å². The van der Waals surface area contributed by atoms with Crippen LogP contribution in [0.5, 0.6) is 11.5 Å². The molecule has 38 heavy (non-hydrogen) atoms. The summed E-state index contributed by atoms with van der Waals surface area (Å²) in [6.07, 6.45) is 0.0268. The van der Waals surface area contributed by atoms with Crippen molar-refractivity contribution in [3.05, 3.63) is 107 Å². The number of aryl methyl sites for hydroxylation is 2. The standard InChI is InChI=1S/C29H28FN3O5/c1-19-26(20(2)38-33-19)16-28(34)32-27(18-36-17-21-6-4-3-5-7-21)29(35)31-23-10-14-25(15-11-23)37-24-12-8-22(30)9-13-24/h3-15,27H,16-18H2,1-2H3,(H,31,35)(H,32,34). The van der Waals surface area contributed by atoms with Crippen LogP contribution in [-0.2, 0) is 27.4 Å². The summed E-state index contributed by atoms with van der Waals surface area (Å²) >= 11 is 0. The van der Waals surface area contributed by atoms with Gasteiger partial charge in [0.1, 0.15) is 29.1 Å². The molecule has 1 heterocycles. The molecule has 0 saturated heterocycles. The highest BCUT2D eigenvalue weighted by Gasteiger charge is 2.23. The number of aromatic nitrogens is 1. The summed E-state index contributed by atoms with van der Waals surface area (Å²) in [5, 5.41) is 9.44. The Morgan fingerprint density at radius 1 is 0.947 bits per heavy atom. The number of rotatable bonds is 11. The van der Waals surface area contributed by atoms with E-state index in [1.807, 2.05) is 30.3 Å². The second kappa shape index (κ2) is 12.6. The van der Waals surface area contributed by atoms with Crippen molar-refractivity contribution in [1.29, 1.82) is 0 Å². The van der Waals surface area contributed by atoms with Gasteiger partial charge in [-0.25, -0.2) is 4.39 Å². The second-order valence-corrected chi connectivity index (χ2v) is 8.67. The van der Waals surface area contributed by atoms with E-state index in [9.17, 15) is 14.0 Å². The first-order valence-corrected chi connectivity index (χ1v) is 12.0. The maximum atomic E-state index is 13.1. The molecule has 1 atom stereocenters. The number of halogens is 1. The highest BCUT2D eigenvalue weighted by molar-refractivity contribution is 5.97. The lowest BCUT2D eigenvalue weighted by Gasteiger charge is -2.19. The summed E-state index contributed by atoms with van der Waals surface area (Å²) in [5.74, 6) is 0.423. The fraction of sp³-hybridized carbons (Fsp3) is 0.207. The minimum atomic E-state index is -0.943. The topological polar surface area (TPSA) is 103 Å². The van der Waals surface area contributed by atoms with E-state index in [0.717, 1.165) is 5.56 Å². The molecule has 0 spiro atoms. The lowest BCUT2D eigenvalue weighted by Crippen LogP contribution is -2.47. The molecule has 9 heteroatoms. The SMILES string of the molecule is Cc1noc(C)c1CC(=O)NC(COCc1ccccc1)C(=O)Nc1ccc(Oc2ccc(F)cc2)cc1. The van der Waals surface area contributed by atoms with Gasteiger partial charge in [0.05, 0.1) is 25.3 Å². The molecule has 196 valence electrons. The summed E-state index contributed by atoms with van der Waals surface area (Å²) in [6.45, 7) is 3.76. The van der Waals surface area contributed by atoms with Gasteiger partial charge in [0.15, 0.2) is 0 Å². The fourth-order valence-corrected chi connectivity index (χ4v) is 3.69. The second-order valence-electron chi connectivity index (χ2n) is 8.67. The highest BCUT2D eigenvalue weighted by atomic mass is 19.1. The number of ether oxygens (including phenoxy) is 2. The van der Waals surface area contributed by atoms with Crippen molar-refractivity contribution >= 4 is 17.5 Å². The molecular formula is C29H28FN3O5. The zero-order valence-electron chi connectivity index (χ0n) is 21.1. The zero-order valence-corrected chi connectivity index (χ0v) is 21.1. The maximum Gasteiger partial charge on any atom is 0.249 e. The Bertz CT molecular complexity index is 1340. The van der Waals surface area contributed by atoms with Crippen molar-refractivity contribution in [3.8, 4) is 11.5 Å². The van der Waals surface area contributed by atoms with Crippen LogP contribution in [0.15, 0.2) is 83.4 Å². The number of hydrogen-bond acceptors (Lipinski definition) is 6. The van der Waals surface area contributed by atoms with Gasteiger partial charge in [-0.15, -0.1) is 0 Å². The van der Waals surface area contributed by atoms with Crippen LogP contribution in [0.4, 0.5) is 10.1 Å². The fourth-order valence-electron chi connectivity index (χ4n) is 3.69. The lowest BCUT2D eigenvalue weighted by atomic mass is 10.1. The predicted molar refractivity (Wildman–Crippen MR) is 139 cm³/mol. The van der Waals surface area contributed by atoms with E-state index in [0.29, 0.717) is 40.8 Å². The molecule has 0 aliphatic carbocycles. The van der Waals surface area contributed by atoms with Gasteiger partial charge in [-0.2, -0.15) is 0 Å². The molecule has 1 unspecified atom stereocenters. The van der Waals surface area contributed by atoms with Gasteiger partial charge in [-0.05, 0) is 67.9 Å². The Labute approximate surface area is 219 Å². The van der Waals surface area contributed by atoms with Gasteiger partial charge in [0.2, 0.25) is 11.8 Å². The van der Waals surface area contributed by atoms with E-state index in [1.165, 1.54) is 24.3 Å². The molecule has 0 bridgehead atoms. The van der Waals surface area contributed by atoms with Crippen molar-refractivity contribution in [1.82, 2.24) is 10.5 Å². The number of benzene rings is 3. The van der Waals surface area contributed by atoms with Crippen molar-refractivity contribution < 1.29 is 28.0 Å². The molecule has 2 amide bonds. The van der Waals surface area contributed by atoms with Crippen LogP contribution < -0.4 is 15.4 Å². The van der Waals surface area contributed by atoms with Crippen LogP contribution in [0.3, 0.4) is 0 Å². The largest absolute Gasteiger partial charge is 0.457 e. The Morgan fingerprint density at radius 2 is 1.61 bits per heavy atom. The quantitative estimate of drug-likeness (QED) is 0.287. The van der Waals surface area contributed by atoms with Crippen molar-refractivity contribution in [3.63, 3.8) is 0 Å². The third kappa shape index (κ3) is 7.50. The first-order valence-electron chi connectivity index (χ1n) is 12.0. The Balaban J connectivity index is 1.39. The average molecular weight is 518 g/mol. The van der Waals surface area contributed by atoms with Gasteiger partial charge >= 0.3 is 0 Å². The summed E-state index contributed by atoms with van der Waals surface area (Å²) in [7, 11) is 0. The highest BCUT2D eigenvalue weighted by Crippen LogP contribution is 2.23. The van der Waals surface area contributed by atoms with Gasteiger partial charge in [0, 0.05) is 11.3 Å². The monoisotopic (exact) mass is 517 g/mol. The number of hydrogen-bond donors (Lipinski definition) is 2. The van der Waals surface area contributed by atoms with Crippen molar-refractivity contribution in [2.45, 2.75) is 32.9 Å². The Kier molecular flexibility index (Phi) is 8.84. The van der Waals surface area contributed by atoms with E-state index < -0.39 is 11.9 Å². The molecule has 4 aromatic rings. The van der Waals surface area contributed by atoms with E-state index in [-0.39, 0.29) is 24.8 Å². The minimum absolute atomic E-state index is 0.0268. The van der Waals surface area contributed by atoms with E-state index in [4.69, 9.17) is 14.0 Å². The summed E-state index contributed by atoms with van der Waals surface area (Å²) in [5.41, 5.74) is 2.77. The summed E-state index contributed by atoms with van der Waals surface area (Å²) in [4.78, 5) is 25.9. The lowest BCUT2D eigenvalue weighted by molar-refractivity contribution is -0.127. The molecule has 0 aliphatic heterocycles. The third-order valence-electron chi connectivity index (χ3n) is 5.74. The molecular weight excluding hydrogens is 489 g/mol. The maximum absolute atomic E-state index is 13.1. The van der Waals surface area contributed by atoms with Crippen LogP contribution in [0.1, 0.15) is 22.6 Å². The van der Waals surface area contributed by atoms with Crippen molar-refractivity contribution in [2.75, 3.05) is 11.9 Å².